The molecule has 1 saturated heterocycles. The highest BCUT2D eigenvalue weighted by Gasteiger charge is 2.30. The van der Waals surface area contributed by atoms with Gasteiger partial charge in [0, 0.05) is 31.8 Å². The van der Waals surface area contributed by atoms with Crippen LogP contribution in [0.3, 0.4) is 0 Å². The van der Waals surface area contributed by atoms with Crippen molar-refractivity contribution in [1.29, 1.82) is 0 Å². The molecule has 9 nitrogen and oxygen atoms in total. The molecular weight excluding hydrogens is 531 g/mol. The predicted octanol–water partition coefficient (Wildman–Crippen LogP) is 3.19. The minimum atomic E-state index is -3.28. The van der Waals surface area contributed by atoms with Crippen LogP contribution in [0.2, 0.25) is 0 Å². The van der Waals surface area contributed by atoms with Gasteiger partial charge in [0.2, 0.25) is 5.78 Å². The number of hydrogen-bond acceptors (Lipinski definition) is 6. The van der Waals surface area contributed by atoms with Gasteiger partial charge in [-0.25, -0.2) is 28.1 Å². The minimum Gasteiger partial charge on any atom is -0.334 e. The van der Waals surface area contributed by atoms with Gasteiger partial charge in [-0.05, 0) is 64.7 Å². The molecule has 1 fully saturated rings. The number of carbonyl (C=O) groups excluding carboxylic acids is 2. The lowest BCUT2D eigenvalue weighted by atomic mass is 9.92. The van der Waals surface area contributed by atoms with E-state index in [1.54, 1.807) is 17.0 Å². The number of nitrogens with zero attached hydrogens (tertiary/aromatic N) is 2. The van der Waals surface area contributed by atoms with Crippen LogP contribution in [0.1, 0.15) is 18.4 Å². The van der Waals surface area contributed by atoms with Crippen molar-refractivity contribution >= 4 is 49.1 Å². The number of halogens is 2. The lowest BCUT2D eigenvalue weighted by Gasteiger charge is -2.31. The number of sulfone groups is 1. The van der Waals surface area contributed by atoms with Gasteiger partial charge in [0.05, 0.1) is 15.1 Å². The van der Waals surface area contributed by atoms with Gasteiger partial charge in [-0.3, -0.25) is 10.0 Å². The van der Waals surface area contributed by atoms with Crippen LogP contribution in [0, 0.1) is 11.7 Å². The van der Waals surface area contributed by atoms with E-state index < -0.39 is 27.4 Å². The molecule has 0 unspecified atom stereocenters. The topological polar surface area (TPSA) is 128 Å². The van der Waals surface area contributed by atoms with Crippen molar-refractivity contribution in [3.05, 3.63) is 58.3 Å². The van der Waals surface area contributed by atoms with Gasteiger partial charge in [-0.2, -0.15) is 0 Å². The maximum absolute atomic E-state index is 13.4. The lowest BCUT2D eigenvalue weighted by molar-refractivity contribution is -0.118. The highest BCUT2D eigenvalue weighted by atomic mass is 79.9. The van der Waals surface area contributed by atoms with Gasteiger partial charge in [0.25, 0.3) is 0 Å². The molecule has 3 rings (SSSR count). The molecule has 0 aliphatic carbocycles. The van der Waals surface area contributed by atoms with Crippen molar-refractivity contribution in [1.82, 2.24) is 15.7 Å². The van der Waals surface area contributed by atoms with Crippen LogP contribution in [-0.2, 0) is 21.2 Å². The maximum Gasteiger partial charge on any atom is 0.317 e. The Bertz CT molecular complexity index is 1200. The zero-order valence-electron chi connectivity index (χ0n) is 18.3. The first kappa shape index (κ1) is 25.8. The molecule has 1 aliphatic heterocycles. The second-order valence-electron chi connectivity index (χ2n) is 7.87. The molecule has 34 heavy (non-hydrogen) atoms. The number of likely N-dealkylation sites (tertiary alicyclic amines) is 1. The van der Waals surface area contributed by atoms with E-state index in [1.165, 1.54) is 30.3 Å². The number of aliphatic imine (C=N–C) groups is 1. The highest BCUT2D eigenvalue weighted by Crippen LogP contribution is 2.24. The van der Waals surface area contributed by atoms with E-state index in [1.807, 2.05) is 5.48 Å². The number of hydroxylamine groups is 1. The fourth-order valence-corrected chi connectivity index (χ4v) is 4.50. The molecule has 0 bridgehead atoms. The molecule has 1 aliphatic rings. The molecule has 1 heterocycles. The summed E-state index contributed by atoms with van der Waals surface area (Å²) in [6, 6.07) is 9.95. The summed E-state index contributed by atoms with van der Waals surface area (Å²) in [5, 5.41) is 12.2. The molecule has 0 aromatic heterocycles. The van der Waals surface area contributed by atoms with Crippen LogP contribution in [0.25, 0.3) is 0 Å². The molecule has 0 radical (unpaired) electrons. The lowest BCUT2D eigenvalue weighted by Crippen LogP contribution is -2.46. The van der Waals surface area contributed by atoms with E-state index in [4.69, 9.17) is 0 Å². The Morgan fingerprint density at radius 1 is 1.18 bits per heavy atom. The first-order chi connectivity index (χ1) is 16.1. The number of amidine groups is 1. The van der Waals surface area contributed by atoms with Crippen molar-refractivity contribution < 1.29 is 27.6 Å². The molecule has 0 spiro atoms. The number of urea groups is 1. The SMILES string of the molecule is CS(=O)(=O)c1ccc(CNC(=O)N2CCC(C(=O)C(=Nc3ccc(F)c(Br)c3)NO)CC2)cc1. The molecule has 2 aromatic rings. The monoisotopic (exact) mass is 554 g/mol. The molecular formula is C22H24BrFN4O5S. The van der Waals surface area contributed by atoms with E-state index in [2.05, 4.69) is 26.2 Å². The van der Waals surface area contributed by atoms with Crippen molar-refractivity contribution in [2.24, 2.45) is 10.9 Å². The van der Waals surface area contributed by atoms with Crippen LogP contribution in [0.4, 0.5) is 14.9 Å². The van der Waals surface area contributed by atoms with Crippen LogP contribution in [0.5, 0.6) is 0 Å². The maximum atomic E-state index is 13.4. The van der Waals surface area contributed by atoms with E-state index in [9.17, 15) is 27.6 Å². The Labute approximate surface area is 205 Å². The van der Waals surface area contributed by atoms with Gasteiger partial charge in [-0.1, -0.05) is 12.1 Å². The van der Waals surface area contributed by atoms with Crippen LogP contribution >= 0.6 is 15.9 Å². The van der Waals surface area contributed by atoms with Gasteiger partial charge in [-0.15, -0.1) is 0 Å². The smallest absolute Gasteiger partial charge is 0.317 e. The van der Waals surface area contributed by atoms with Gasteiger partial charge >= 0.3 is 6.03 Å². The molecule has 2 amide bonds. The van der Waals surface area contributed by atoms with Gasteiger partial charge in [0.15, 0.2) is 15.7 Å². The summed E-state index contributed by atoms with van der Waals surface area (Å²) >= 11 is 3.05. The third kappa shape index (κ3) is 6.61. The standard InChI is InChI=1S/C22H24BrFN4O5S/c1-34(32,33)17-5-2-14(3-6-17)13-25-22(30)28-10-8-15(9-11-28)20(29)21(27-31)26-16-4-7-19(24)18(23)12-16/h2-7,12,15,31H,8-11,13H2,1H3,(H,25,30)(H,26,27). The van der Waals surface area contributed by atoms with E-state index in [0.29, 0.717) is 31.6 Å². The number of rotatable bonds is 6. The number of ketones is 1. The number of nitrogens with one attached hydrogen (secondary N) is 2. The van der Waals surface area contributed by atoms with E-state index in [0.717, 1.165) is 11.8 Å². The second-order valence-corrected chi connectivity index (χ2v) is 10.7. The quantitative estimate of drug-likeness (QED) is 0.286. The van der Waals surface area contributed by atoms with E-state index in [-0.39, 0.29) is 27.8 Å². The molecule has 3 N–H and O–H groups in total. The number of hydrogen-bond donors (Lipinski definition) is 3. The van der Waals surface area contributed by atoms with Crippen LogP contribution in [0.15, 0.2) is 56.8 Å². The average molecular weight is 555 g/mol. The summed E-state index contributed by atoms with van der Waals surface area (Å²) < 4.78 is 36.6. The Kier molecular flexibility index (Phi) is 8.39. The normalized spacial score (nSPS) is 15.2. The Balaban J connectivity index is 1.53. The third-order valence-electron chi connectivity index (χ3n) is 5.43. The Morgan fingerprint density at radius 2 is 1.82 bits per heavy atom. The molecule has 2 aromatic carbocycles. The van der Waals surface area contributed by atoms with Gasteiger partial charge < -0.3 is 10.2 Å². The third-order valence-corrected chi connectivity index (χ3v) is 7.17. The fourth-order valence-electron chi connectivity index (χ4n) is 3.50. The summed E-state index contributed by atoms with van der Waals surface area (Å²) in [5.74, 6) is -1.55. The number of piperidine rings is 1. The molecule has 12 heteroatoms. The van der Waals surface area contributed by atoms with Crippen molar-refractivity contribution in [3.8, 4) is 0 Å². The first-order valence-corrected chi connectivity index (χ1v) is 13.1. The number of Topliss-reactive ketones (excluding diaryl/α,β-unsaturated/α-hetero) is 1. The average Bonchev–Trinajstić information content (AvgIpc) is 2.82. The molecule has 0 saturated carbocycles. The summed E-state index contributed by atoms with van der Waals surface area (Å²) in [5.41, 5.74) is 2.88. The Hall–Kier alpha value is -2.83. The van der Waals surface area contributed by atoms with Crippen molar-refractivity contribution in [2.75, 3.05) is 19.3 Å². The number of amides is 2. The van der Waals surface area contributed by atoms with E-state index >= 15 is 0 Å². The molecule has 0 atom stereocenters. The van der Waals surface area contributed by atoms with Crippen molar-refractivity contribution in [2.45, 2.75) is 24.3 Å². The largest absolute Gasteiger partial charge is 0.334 e. The first-order valence-electron chi connectivity index (χ1n) is 10.4. The summed E-state index contributed by atoms with van der Waals surface area (Å²) in [6.07, 6.45) is 1.91. The predicted molar refractivity (Wildman–Crippen MR) is 127 cm³/mol. The number of benzene rings is 2. The zero-order chi connectivity index (χ0) is 24.9. The number of carbonyl (C=O) groups is 2. The second kappa shape index (κ2) is 11.1. The summed E-state index contributed by atoms with van der Waals surface area (Å²) in [7, 11) is -3.28. The van der Waals surface area contributed by atoms with Crippen LogP contribution in [-0.4, -0.2) is 55.5 Å². The minimum absolute atomic E-state index is 0.184. The van der Waals surface area contributed by atoms with Gasteiger partial charge in [0.1, 0.15) is 5.82 Å². The van der Waals surface area contributed by atoms with Crippen LogP contribution < -0.4 is 10.8 Å². The molecule has 182 valence electrons. The Morgan fingerprint density at radius 3 is 2.38 bits per heavy atom. The highest BCUT2D eigenvalue weighted by molar-refractivity contribution is 9.10. The fraction of sp³-hybridized carbons (Fsp3) is 0.318. The zero-order valence-corrected chi connectivity index (χ0v) is 20.7. The summed E-state index contributed by atoms with van der Waals surface area (Å²) in [4.78, 5) is 31.1. The van der Waals surface area contributed by atoms with Crippen molar-refractivity contribution in [3.63, 3.8) is 0 Å². The summed E-state index contributed by atoms with van der Waals surface area (Å²) in [6.45, 7) is 0.923.